The Morgan fingerprint density at radius 3 is 1.95 bits per heavy atom. The minimum absolute atomic E-state index is 0.236. The van der Waals surface area contributed by atoms with E-state index in [2.05, 4.69) is 19.8 Å². The number of β-amino-alcohol motifs (C(OH)–C–C–N with tert-alkyl or cyclic N) is 1. The van der Waals surface area contributed by atoms with Gasteiger partial charge in [-0.05, 0) is 19.9 Å². The predicted molar refractivity (Wildman–Crippen MR) is 95.0 cm³/mol. The molecule has 0 amide bonds. The monoisotopic (exact) mass is 330 g/mol. The average Bonchev–Trinajstić information content (AvgIpc) is 2.50. The number of aliphatic hydroxyl groups is 1. The second kappa shape index (κ2) is 12.6. The van der Waals surface area contributed by atoms with E-state index in [1.807, 2.05) is 40.7 Å². The van der Waals surface area contributed by atoms with Crippen molar-refractivity contribution in [2.75, 3.05) is 50.1 Å². The van der Waals surface area contributed by atoms with Crippen LogP contribution in [0.15, 0.2) is 6.07 Å². The first-order chi connectivity index (χ1) is 10.6. The molecular formula is C16H31ClN4O. The third kappa shape index (κ3) is 7.92. The molecule has 2 heterocycles. The van der Waals surface area contributed by atoms with Crippen LogP contribution in [0.3, 0.4) is 0 Å². The molecule has 6 heteroatoms. The molecule has 22 heavy (non-hydrogen) atoms. The molecule has 1 aromatic heterocycles. The van der Waals surface area contributed by atoms with Crippen molar-refractivity contribution in [1.29, 1.82) is 0 Å². The lowest BCUT2D eigenvalue weighted by molar-refractivity contribution is 0.188. The highest BCUT2D eigenvalue weighted by Gasteiger charge is 2.18. The Labute approximate surface area is 140 Å². The molecule has 0 spiro atoms. The Kier molecular flexibility index (Phi) is 12.1. The smallest absolute Gasteiger partial charge is 0.225 e. The number of alkyl halides is 1. The molecule has 1 aromatic rings. The summed E-state index contributed by atoms with van der Waals surface area (Å²) in [5.74, 6) is 1.56. The van der Waals surface area contributed by atoms with E-state index in [0.717, 1.165) is 55.9 Å². The molecule has 1 aliphatic heterocycles. The number of halogens is 1. The van der Waals surface area contributed by atoms with Crippen LogP contribution in [0.1, 0.15) is 32.2 Å². The zero-order valence-electron chi connectivity index (χ0n) is 14.6. The van der Waals surface area contributed by atoms with E-state index in [-0.39, 0.29) is 6.61 Å². The summed E-state index contributed by atoms with van der Waals surface area (Å²) in [4.78, 5) is 13.4. The SMILES string of the molecule is CC.CCCl.Cc1cc(C)nc(N2CCN(CCO)CC2)n1. The quantitative estimate of drug-likeness (QED) is 0.863. The molecule has 1 N–H and O–H groups in total. The van der Waals surface area contributed by atoms with Crippen LogP contribution in [0, 0.1) is 13.8 Å². The zero-order valence-corrected chi connectivity index (χ0v) is 15.4. The fourth-order valence-corrected chi connectivity index (χ4v) is 2.16. The van der Waals surface area contributed by atoms with Crippen LogP contribution < -0.4 is 4.90 Å². The first-order valence-electron chi connectivity index (χ1n) is 8.07. The number of anilines is 1. The fourth-order valence-electron chi connectivity index (χ4n) is 2.16. The number of rotatable bonds is 3. The Bertz CT molecular complexity index is 375. The van der Waals surface area contributed by atoms with E-state index >= 15 is 0 Å². The maximum Gasteiger partial charge on any atom is 0.225 e. The molecule has 1 fully saturated rings. The average molecular weight is 331 g/mol. The number of hydrogen-bond acceptors (Lipinski definition) is 5. The maximum atomic E-state index is 8.89. The molecule has 0 aromatic carbocycles. The molecule has 1 saturated heterocycles. The molecule has 5 nitrogen and oxygen atoms in total. The van der Waals surface area contributed by atoms with Gasteiger partial charge in [0.1, 0.15) is 0 Å². The van der Waals surface area contributed by atoms with Crippen molar-refractivity contribution in [3.63, 3.8) is 0 Å². The van der Waals surface area contributed by atoms with E-state index < -0.39 is 0 Å². The molecule has 0 aliphatic carbocycles. The summed E-state index contributed by atoms with van der Waals surface area (Å²) in [5, 5.41) is 8.89. The summed E-state index contributed by atoms with van der Waals surface area (Å²) < 4.78 is 0. The molecule has 0 saturated carbocycles. The van der Waals surface area contributed by atoms with E-state index in [0.29, 0.717) is 0 Å². The normalized spacial score (nSPS) is 14.6. The van der Waals surface area contributed by atoms with E-state index in [4.69, 9.17) is 16.7 Å². The number of nitrogens with zero attached hydrogens (tertiary/aromatic N) is 4. The number of aliphatic hydroxyl groups excluding tert-OH is 1. The van der Waals surface area contributed by atoms with Crippen LogP contribution in [0.4, 0.5) is 5.95 Å². The van der Waals surface area contributed by atoms with Crippen LogP contribution in [0.5, 0.6) is 0 Å². The van der Waals surface area contributed by atoms with Crippen molar-refractivity contribution < 1.29 is 5.11 Å². The molecule has 2 rings (SSSR count). The largest absolute Gasteiger partial charge is 0.395 e. The fraction of sp³-hybridized carbons (Fsp3) is 0.750. The summed E-state index contributed by atoms with van der Waals surface area (Å²) in [7, 11) is 0. The highest BCUT2D eigenvalue weighted by Crippen LogP contribution is 2.12. The molecule has 0 atom stereocenters. The second-order valence-corrected chi connectivity index (χ2v) is 5.30. The Morgan fingerprint density at radius 2 is 1.55 bits per heavy atom. The minimum Gasteiger partial charge on any atom is -0.395 e. The lowest BCUT2D eigenvalue weighted by atomic mass is 10.3. The van der Waals surface area contributed by atoms with Crippen LogP contribution in [0.2, 0.25) is 0 Å². The van der Waals surface area contributed by atoms with Gasteiger partial charge in [0.15, 0.2) is 0 Å². The van der Waals surface area contributed by atoms with Gasteiger partial charge in [-0.2, -0.15) is 0 Å². The minimum atomic E-state index is 0.236. The highest BCUT2D eigenvalue weighted by molar-refractivity contribution is 6.17. The van der Waals surface area contributed by atoms with E-state index in [1.165, 1.54) is 0 Å². The number of hydrogen-bond donors (Lipinski definition) is 1. The van der Waals surface area contributed by atoms with Gasteiger partial charge in [0, 0.05) is 50.0 Å². The zero-order chi connectivity index (χ0) is 17.0. The van der Waals surface area contributed by atoms with Crippen molar-refractivity contribution in [2.24, 2.45) is 0 Å². The third-order valence-electron chi connectivity index (χ3n) is 3.04. The molecule has 0 unspecified atom stereocenters. The first kappa shape index (κ1) is 21.1. The van der Waals surface area contributed by atoms with Crippen molar-refractivity contribution >= 4 is 17.5 Å². The van der Waals surface area contributed by atoms with Crippen molar-refractivity contribution in [3.05, 3.63) is 17.5 Å². The molecular weight excluding hydrogens is 300 g/mol. The van der Waals surface area contributed by atoms with Gasteiger partial charge in [-0.1, -0.05) is 20.8 Å². The van der Waals surface area contributed by atoms with Gasteiger partial charge in [-0.15, -0.1) is 11.6 Å². The van der Waals surface area contributed by atoms with Gasteiger partial charge < -0.3 is 10.0 Å². The van der Waals surface area contributed by atoms with Gasteiger partial charge in [-0.25, -0.2) is 9.97 Å². The van der Waals surface area contributed by atoms with Gasteiger partial charge in [-0.3, -0.25) is 4.90 Å². The highest BCUT2D eigenvalue weighted by atomic mass is 35.5. The topological polar surface area (TPSA) is 52.5 Å². The maximum absolute atomic E-state index is 8.89. The number of piperazine rings is 1. The van der Waals surface area contributed by atoms with Crippen LogP contribution >= 0.6 is 11.6 Å². The Morgan fingerprint density at radius 1 is 1.09 bits per heavy atom. The van der Waals surface area contributed by atoms with Gasteiger partial charge in [0.05, 0.1) is 6.61 Å². The molecule has 0 radical (unpaired) electrons. The second-order valence-electron chi connectivity index (χ2n) is 4.77. The summed E-state index contributed by atoms with van der Waals surface area (Å²) in [6.07, 6.45) is 0. The van der Waals surface area contributed by atoms with Crippen LogP contribution in [0.25, 0.3) is 0 Å². The molecule has 128 valence electrons. The van der Waals surface area contributed by atoms with Crippen LogP contribution in [-0.4, -0.2) is 65.2 Å². The number of aryl methyl sites for hydroxylation is 2. The molecule has 1 aliphatic rings. The number of aromatic nitrogens is 2. The summed E-state index contributed by atoms with van der Waals surface area (Å²) >= 11 is 5.00. The molecule has 0 bridgehead atoms. The van der Waals surface area contributed by atoms with Gasteiger partial charge >= 0.3 is 0 Å². The Hall–Kier alpha value is -0.910. The summed E-state index contributed by atoms with van der Waals surface area (Å²) in [5.41, 5.74) is 2.04. The summed E-state index contributed by atoms with van der Waals surface area (Å²) in [6, 6.07) is 1.99. The first-order valence-corrected chi connectivity index (χ1v) is 8.60. The van der Waals surface area contributed by atoms with Gasteiger partial charge in [0.2, 0.25) is 5.95 Å². The summed E-state index contributed by atoms with van der Waals surface area (Å²) in [6.45, 7) is 14.7. The Balaban J connectivity index is 0.000000789. The van der Waals surface area contributed by atoms with Gasteiger partial charge in [0.25, 0.3) is 0 Å². The lowest BCUT2D eigenvalue weighted by Crippen LogP contribution is -2.47. The van der Waals surface area contributed by atoms with Crippen molar-refractivity contribution in [3.8, 4) is 0 Å². The standard InChI is InChI=1S/C12H20N4O.C2H5Cl.C2H6/c1-10-9-11(2)14-12(13-10)16-5-3-15(4-6-16)7-8-17;1-2-3;1-2/h9,17H,3-8H2,1-2H3;2H2,1H3;1-2H3. The van der Waals surface area contributed by atoms with Crippen LogP contribution in [-0.2, 0) is 0 Å². The van der Waals surface area contributed by atoms with E-state index in [9.17, 15) is 0 Å². The van der Waals surface area contributed by atoms with Crippen molar-refractivity contribution in [2.45, 2.75) is 34.6 Å². The lowest BCUT2D eigenvalue weighted by Gasteiger charge is -2.34. The van der Waals surface area contributed by atoms with E-state index in [1.54, 1.807) is 0 Å². The third-order valence-corrected chi connectivity index (χ3v) is 3.04. The predicted octanol–water partition coefficient (Wildman–Crippen LogP) is 2.48. The van der Waals surface area contributed by atoms with Crippen molar-refractivity contribution in [1.82, 2.24) is 14.9 Å².